The van der Waals surface area contributed by atoms with Gasteiger partial charge in [-0.3, -0.25) is 4.79 Å². The summed E-state index contributed by atoms with van der Waals surface area (Å²) in [5.74, 6) is -0.318. The number of ether oxygens (including phenoxy) is 2. The van der Waals surface area contributed by atoms with Gasteiger partial charge in [0.1, 0.15) is 5.69 Å². The summed E-state index contributed by atoms with van der Waals surface area (Å²) in [6.45, 7) is 1.94. The lowest BCUT2D eigenvalue weighted by molar-refractivity contribution is 0.0729. The molecule has 200 valence electrons. The Hall–Kier alpha value is -4.40. The van der Waals surface area contributed by atoms with Gasteiger partial charge in [-0.05, 0) is 67.1 Å². The Morgan fingerprint density at radius 2 is 1.75 bits per heavy atom. The van der Waals surface area contributed by atoms with E-state index in [2.05, 4.69) is 31.4 Å². The molecule has 7 nitrogen and oxygen atoms in total. The summed E-state index contributed by atoms with van der Waals surface area (Å²) in [4.78, 5) is 29.0. The third kappa shape index (κ3) is 5.78. The van der Waals surface area contributed by atoms with Gasteiger partial charge in [0.25, 0.3) is 5.91 Å². The molecule has 0 aliphatic heterocycles. The first kappa shape index (κ1) is 27.2. The summed E-state index contributed by atoms with van der Waals surface area (Å²) in [6.07, 6.45) is 1.47. The number of methoxy groups -OCH3 is 1. The van der Waals surface area contributed by atoms with Gasteiger partial charge in [-0.25, -0.2) is 10.2 Å². The van der Waals surface area contributed by atoms with Crippen molar-refractivity contribution in [2.24, 2.45) is 5.10 Å². The number of nitrogens with one attached hydrogen (secondary N) is 2. The highest BCUT2D eigenvalue weighted by Gasteiger charge is 2.21. The number of nitrogens with zero attached hydrogens (tertiary/aromatic N) is 1. The highest BCUT2D eigenvalue weighted by atomic mass is 79.9. The Morgan fingerprint density at radius 1 is 0.975 bits per heavy atom. The average molecular weight is 617 g/mol. The zero-order valence-electron chi connectivity index (χ0n) is 21.5. The molecule has 9 heteroatoms. The van der Waals surface area contributed by atoms with Crippen molar-refractivity contribution in [1.29, 1.82) is 0 Å². The molecule has 0 aliphatic rings. The minimum atomic E-state index is -0.494. The highest BCUT2D eigenvalue weighted by Crippen LogP contribution is 2.37. The predicted molar refractivity (Wildman–Crippen MR) is 161 cm³/mol. The van der Waals surface area contributed by atoms with Gasteiger partial charge in [0.15, 0.2) is 11.5 Å². The van der Waals surface area contributed by atoms with Gasteiger partial charge in [0.05, 0.1) is 18.9 Å². The molecule has 4 aromatic carbocycles. The lowest BCUT2D eigenvalue weighted by atomic mass is 10.0. The molecule has 1 amide bonds. The van der Waals surface area contributed by atoms with Crippen molar-refractivity contribution < 1.29 is 19.1 Å². The van der Waals surface area contributed by atoms with E-state index in [0.717, 1.165) is 26.5 Å². The van der Waals surface area contributed by atoms with Gasteiger partial charge in [0.2, 0.25) is 0 Å². The van der Waals surface area contributed by atoms with Crippen LogP contribution in [0.1, 0.15) is 32.0 Å². The molecule has 0 saturated carbocycles. The molecule has 0 aliphatic carbocycles. The van der Waals surface area contributed by atoms with E-state index in [1.54, 1.807) is 36.4 Å². The van der Waals surface area contributed by atoms with Crippen LogP contribution in [-0.2, 0) is 0 Å². The summed E-state index contributed by atoms with van der Waals surface area (Å²) in [5.41, 5.74) is 7.20. The molecule has 1 heterocycles. The molecular formula is C31H23BrClN3O4. The van der Waals surface area contributed by atoms with Crippen LogP contribution >= 0.6 is 27.5 Å². The summed E-state index contributed by atoms with van der Waals surface area (Å²) < 4.78 is 11.8. The third-order valence-electron chi connectivity index (χ3n) is 6.19. The molecule has 0 spiro atoms. The van der Waals surface area contributed by atoms with E-state index >= 15 is 0 Å². The van der Waals surface area contributed by atoms with Crippen LogP contribution in [0, 0.1) is 6.92 Å². The number of fused-ring (bicyclic) bond motifs is 1. The maximum absolute atomic E-state index is 13.3. The monoisotopic (exact) mass is 615 g/mol. The lowest BCUT2D eigenvalue weighted by Gasteiger charge is -2.10. The Labute approximate surface area is 243 Å². The van der Waals surface area contributed by atoms with Crippen molar-refractivity contribution in [2.75, 3.05) is 7.11 Å². The van der Waals surface area contributed by atoms with Gasteiger partial charge in [-0.2, -0.15) is 5.10 Å². The van der Waals surface area contributed by atoms with Gasteiger partial charge >= 0.3 is 5.97 Å². The number of halogens is 2. The number of carbonyl (C=O) groups excluding carboxylic acids is 2. The van der Waals surface area contributed by atoms with Crippen LogP contribution in [0.15, 0.2) is 94.5 Å². The van der Waals surface area contributed by atoms with Crippen LogP contribution in [0.4, 0.5) is 0 Å². The quantitative estimate of drug-likeness (QED) is 0.0855. The fourth-order valence-corrected chi connectivity index (χ4v) is 4.79. The van der Waals surface area contributed by atoms with Crippen molar-refractivity contribution in [3.63, 3.8) is 0 Å². The molecule has 5 aromatic rings. The number of rotatable bonds is 7. The van der Waals surface area contributed by atoms with E-state index in [9.17, 15) is 9.59 Å². The Balaban J connectivity index is 1.36. The van der Waals surface area contributed by atoms with Crippen molar-refractivity contribution in [1.82, 2.24) is 10.4 Å². The van der Waals surface area contributed by atoms with E-state index in [0.29, 0.717) is 33.2 Å². The first-order chi connectivity index (χ1) is 19.3. The minimum Gasteiger partial charge on any atom is -0.493 e. The minimum absolute atomic E-state index is 0.267. The molecule has 0 radical (unpaired) electrons. The number of aromatic nitrogens is 1. The number of hydrogen-bond acceptors (Lipinski definition) is 5. The SMILES string of the molecule is COc1cc(C=NNC(=O)c2[nH]c3ccc(Br)cc3c2-c2ccccc2Cl)ccc1OC(=O)c1ccc(C)cc1. The summed E-state index contributed by atoms with van der Waals surface area (Å²) in [5, 5.41) is 5.50. The number of carbonyl (C=O) groups is 2. The van der Waals surface area contributed by atoms with Crippen molar-refractivity contribution in [2.45, 2.75) is 6.92 Å². The van der Waals surface area contributed by atoms with E-state index in [1.165, 1.54) is 13.3 Å². The van der Waals surface area contributed by atoms with Crippen molar-refractivity contribution in [3.8, 4) is 22.6 Å². The van der Waals surface area contributed by atoms with Gasteiger partial charge in [-0.1, -0.05) is 63.4 Å². The summed E-state index contributed by atoms with van der Waals surface area (Å²) in [6, 6.07) is 25.1. The molecule has 0 unspecified atom stereocenters. The topological polar surface area (TPSA) is 92.8 Å². The van der Waals surface area contributed by atoms with Gasteiger partial charge in [0, 0.05) is 31.5 Å². The van der Waals surface area contributed by atoms with Crippen LogP contribution < -0.4 is 14.9 Å². The second-order valence-electron chi connectivity index (χ2n) is 8.91. The average Bonchev–Trinajstić information content (AvgIpc) is 3.32. The fourth-order valence-electron chi connectivity index (χ4n) is 4.20. The zero-order chi connectivity index (χ0) is 28.2. The van der Waals surface area contributed by atoms with E-state index in [1.807, 2.05) is 55.5 Å². The normalized spacial score (nSPS) is 11.1. The van der Waals surface area contributed by atoms with Crippen molar-refractivity contribution >= 4 is 56.5 Å². The number of H-pyrrole nitrogens is 1. The molecule has 1 aromatic heterocycles. The predicted octanol–water partition coefficient (Wildman–Crippen LogP) is 7.55. The number of hydrazone groups is 1. The Kier molecular flexibility index (Phi) is 8.00. The van der Waals surface area contributed by atoms with Crippen molar-refractivity contribution in [3.05, 3.63) is 117 Å². The van der Waals surface area contributed by atoms with Gasteiger partial charge in [-0.15, -0.1) is 0 Å². The van der Waals surface area contributed by atoms with Crippen LogP contribution in [0.5, 0.6) is 11.5 Å². The number of esters is 1. The van der Waals surface area contributed by atoms with Crippen LogP contribution in [-0.4, -0.2) is 30.2 Å². The summed E-state index contributed by atoms with van der Waals surface area (Å²) >= 11 is 10.0. The molecule has 2 N–H and O–H groups in total. The number of amides is 1. The van der Waals surface area contributed by atoms with E-state index in [4.69, 9.17) is 21.1 Å². The number of aryl methyl sites for hydroxylation is 1. The largest absolute Gasteiger partial charge is 0.493 e. The van der Waals surface area contributed by atoms with Crippen LogP contribution in [0.2, 0.25) is 5.02 Å². The standard InChI is InChI=1S/C31H23BrClN3O4/c1-18-7-10-20(11-8-18)31(38)40-26-14-9-19(15-27(26)39-2)17-34-36-30(37)29-28(22-5-3-4-6-24(22)33)23-16-21(32)12-13-25(23)35-29/h3-17,35H,1-2H3,(H,36,37). The summed E-state index contributed by atoms with van der Waals surface area (Å²) in [7, 11) is 1.48. The number of hydrogen-bond donors (Lipinski definition) is 2. The molecule has 0 bridgehead atoms. The smallest absolute Gasteiger partial charge is 0.343 e. The Bertz CT molecular complexity index is 1760. The first-order valence-corrected chi connectivity index (χ1v) is 13.4. The molecular weight excluding hydrogens is 594 g/mol. The maximum Gasteiger partial charge on any atom is 0.343 e. The molecule has 0 atom stereocenters. The van der Waals surface area contributed by atoms with Crippen LogP contribution in [0.3, 0.4) is 0 Å². The third-order valence-corrected chi connectivity index (χ3v) is 7.01. The van der Waals surface area contributed by atoms with Gasteiger partial charge < -0.3 is 14.5 Å². The number of benzene rings is 4. The zero-order valence-corrected chi connectivity index (χ0v) is 23.8. The van der Waals surface area contributed by atoms with Crippen LogP contribution in [0.25, 0.3) is 22.0 Å². The Morgan fingerprint density at radius 3 is 2.50 bits per heavy atom. The molecule has 5 rings (SSSR count). The first-order valence-electron chi connectivity index (χ1n) is 12.2. The highest BCUT2D eigenvalue weighted by molar-refractivity contribution is 9.10. The lowest BCUT2D eigenvalue weighted by Crippen LogP contribution is -2.19. The molecule has 40 heavy (non-hydrogen) atoms. The van der Waals surface area contributed by atoms with E-state index < -0.39 is 11.9 Å². The second kappa shape index (κ2) is 11.8. The fraction of sp³-hybridized carbons (Fsp3) is 0.0645. The maximum atomic E-state index is 13.3. The molecule has 0 fully saturated rings. The number of aromatic amines is 1. The second-order valence-corrected chi connectivity index (χ2v) is 10.2. The van der Waals surface area contributed by atoms with E-state index in [-0.39, 0.29) is 5.75 Å². The molecule has 0 saturated heterocycles.